The topological polar surface area (TPSA) is 183 Å². The third-order valence-corrected chi connectivity index (χ3v) is 22.3. The van der Waals surface area contributed by atoms with Crippen molar-refractivity contribution < 1.29 is 81.0 Å². The number of rotatable bonds is 56. The minimum atomic E-state index is -3.31. The fourth-order valence-electron chi connectivity index (χ4n) is 8.91. The first-order valence-corrected chi connectivity index (χ1v) is 45.1. The van der Waals surface area contributed by atoms with Crippen LogP contribution in [0.5, 0.6) is 0 Å². The molecular weight excluding hydrogens is 1360 g/mol. The van der Waals surface area contributed by atoms with Crippen molar-refractivity contribution in [3.05, 3.63) is 0 Å². The largest absolute Gasteiger partial charge is 4.00 e. The van der Waals surface area contributed by atoms with Crippen LogP contribution in [0.2, 0.25) is 0 Å². The van der Waals surface area contributed by atoms with Crippen molar-refractivity contribution in [1.82, 2.24) is 0 Å². The van der Waals surface area contributed by atoms with E-state index in [2.05, 4.69) is 123 Å². The predicted molar refractivity (Wildman–Crippen MR) is 379 cm³/mol. The van der Waals surface area contributed by atoms with E-state index in [1.165, 1.54) is 103 Å². The Labute approximate surface area is 579 Å². The molecule has 0 heterocycles. The molecule has 87 heavy (non-hydrogen) atoms. The van der Waals surface area contributed by atoms with Crippen LogP contribution in [-0.2, 0) is 117 Å². The van der Waals surface area contributed by atoms with Crippen molar-refractivity contribution in [3.63, 3.8) is 0 Å². The Bertz CT molecular complexity index is 1310. The molecule has 0 N–H and O–H groups in total. The summed E-state index contributed by atoms with van der Waals surface area (Å²) in [6.07, 6.45) is 35.9. The van der Waals surface area contributed by atoms with Gasteiger partial charge in [0.15, 0.2) is 12.5 Å². The SMILES string of the molecule is CCCCC(CC)COP([O-])(=S)OCC(CC)CCCC.CCCCC(CC)COP([O-])(=S)OCC(CC)CCCC.CCCCC(CC)COP([O-])(=S)OCC(CC)CCCC.CCCCC(CC)COP([O-])(=S)OCC(CC)CCCC.O=S.[Mo+4]. The van der Waals surface area contributed by atoms with E-state index in [4.69, 9.17) is 87.6 Å². The molecule has 0 saturated heterocycles. The van der Waals surface area contributed by atoms with Gasteiger partial charge in [0.25, 0.3) is 0 Å². The minimum Gasteiger partial charge on any atom is -0.780 e. The monoisotopic (exact) mass is 1490 g/mol. The molecule has 0 fully saturated rings. The van der Waals surface area contributed by atoms with Crippen molar-refractivity contribution >= 4 is 86.6 Å². The van der Waals surface area contributed by atoms with Crippen LogP contribution in [0.3, 0.4) is 0 Å². The summed E-state index contributed by atoms with van der Waals surface area (Å²) in [5, 5.41) is 0. The van der Waals surface area contributed by atoms with Crippen LogP contribution in [0.15, 0.2) is 0 Å². The summed E-state index contributed by atoms with van der Waals surface area (Å²) in [7, 11) is 0. The molecule has 0 aromatic rings. The van der Waals surface area contributed by atoms with E-state index < -0.39 is 26.9 Å². The zero-order valence-electron chi connectivity index (χ0n) is 58.4. The van der Waals surface area contributed by atoms with E-state index in [1.807, 2.05) is 0 Å². The molecule has 0 rings (SSSR count). The van der Waals surface area contributed by atoms with Crippen molar-refractivity contribution in [1.29, 1.82) is 0 Å². The van der Waals surface area contributed by atoms with Gasteiger partial charge in [-0.2, -0.15) is 4.21 Å². The second-order valence-corrected chi connectivity index (χ2v) is 34.5. The first kappa shape index (κ1) is 101. The molecule has 0 aliphatic carbocycles. The second kappa shape index (κ2) is 70.2. The molecule has 0 aromatic carbocycles. The fraction of sp³-hybridized carbons (Fsp3) is 1.00. The van der Waals surface area contributed by atoms with Gasteiger partial charge in [0.1, 0.15) is 26.9 Å². The summed E-state index contributed by atoms with van der Waals surface area (Å²) in [5.41, 5.74) is 0. The standard InChI is InChI=1S/4C16H35O3PS.Mo.OS/c4*1-5-9-11-15(7-3)13-18-20(17,21)19-14-16(8-4)12-10-6-2;;1-2/h4*15-16H,5-14H2,1-4H3,(H,17,21);;/q;;;;+4;/p-4. The molecule has 0 aromatic heterocycles. The molecular formula is C64H136MoO13P4S5. The minimum absolute atomic E-state index is 0. The Balaban J connectivity index is -0.000000248. The van der Waals surface area contributed by atoms with Gasteiger partial charge >= 0.3 is 21.1 Å². The number of hydrogen-bond acceptors (Lipinski definition) is 18. The number of hydrogen-bond donors (Lipinski definition) is 0. The summed E-state index contributed by atoms with van der Waals surface area (Å²) < 4.78 is 51.3. The summed E-state index contributed by atoms with van der Waals surface area (Å²) in [4.78, 5) is 48.7. The van der Waals surface area contributed by atoms with Gasteiger partial charge in [-0.3, -0.25) is 0 Å². The van der Waals surface area contributed by atoms with E-state index >= 15 is 0 Å². The Morgan fingerprint density at radius 2 is 0.333 bits per heavy atom. The first-order valence-electron chi connectivity index (χ1n) is 34.5. The van der Waals surface area contributed by atoms with Crippen LogP contribution in [0.1, 0.15) is 316 Å². The van der Waals surface area contributed by atoms with Crippen LogP contribution in [0, 0.1) is 47.3 Å². The number of unbranched alkanes of at least 4 members (excludes halogenated alkanes) is 8. The van der Waals surface area contributed by atoms with E-state index in [0.717, 1.165) is 103 Å². The molecule has 0 amide bonds. The molecule has 8 unspecified atom stereocenters. The Hall–Kier alpha value is 2.83. The Kier molecular flexibility index (Phi) is 81.3. The quantitative estimate of drug-likeness (QED) is 0.0413. The van der Waals surface area contributed by atoms with Gasteiger partial charge in [-0.05, 0) is 98.7 Å². The van der Waals surface area contributed by atoms with Crippen LogP contribution in [0.25, 0.3) is 0 Å². The van der Waals surface area contributed by atoms with Gasteiger partial charge in [0, 0.05) is 0 Å². The molecule has 0 bridgehead atoms. The molecule has 8 atom stereocenters. The zero-order chi connectivity index (χ0) is 66.6. The molecule has 0 spiro atoms. The van der Waals surface area contributed by atoms with E-state index in [1.54, 1.807) is 0 Å². The van der Waals surface area contributed by atoms with Crippen molar-refractivity contribution in [2.45, 2.75) is 316 Å². The normalized spacial score (nSPS) is 16.8. The predicted octanol–water partition coefficient (Wildman–Crippen LogP) is 19.8. The van der Waals surface area contributed by atoms with E-state index in [0.29, 0.717) is 100 Å². The Morgan fingerprint density at radius 3 is 0.402 bits per heavy atom. The molecule has 13 nitrogen and oxygen atoms in total. The van der Waals surface area contributed by atoms with Crippen molar-refractivity contribution in [3.8, 4) is 0 Å². The van der Waals surface area contributed by atoms with Crippen LogP contribution in [-0.4, -0.2) is 57.1 Å². The summed E-state index contributed by atoms with van der Waals surface area (Å²) in [5.74, 6) is 3.50. The third kappa shape index (κ3) is 68.6. The molecule has 0 saturated carbocycles. The summed E-state index contributed by atoms with van der Waals surface area (Å²) in [6.45, 7) is 25.0. The summed E-state index contributed by atoms with van der Waals surface area (Å²) in [6, 6.07) is 0. The Morgan fingerprint density at radius 1 is 0.241 bits per heavy atom. The maximum absolute atomic E-state index is 12.2. The molecule has 0 aliphatic rings. The van der Waals surface area contributed by atoms with Gasteiger partial charge in [-0.1, -0.05) is 312 Å². The fourth-order valence-corrected chi connectivity index (χ4v) is 13.8. The zero-order valence-corrected chi connectivity index (χ0v) is 68.1. The smallest absolute Gasteiger partial charge is 0.780 e. The van der Waals surface area contributed by atoms with Gasteiger partial charge in [-0.15, -0.1) is 0 Å². The van der Waals surface area contributed by atoms with Gasteiger partial charge < -0.3 is 55.8 Å². The van der Waals surface area contributed by atoms with Crippen LogP contribution < -0.4 is 19.6 Å². The maximum atomic E-state index is 12.2. The molecule has 0 radical (unpaired) electrons. The van der Waals surface area contributed by atoms with Crippen LogP contribution in [0.4, 0.5) is 0 Å². The van der Waals surface area contributed by atoms with Gasteiger partial charge in [0.05, 0.1) is 52.9 Å². The average Bonchev–Trinajstić information content (AvgIpc) is 3.63. The molecule has 526 valence electrons. The van der Waals surface area contributed by atoms with E-state index in [9.17, 15) is 19.6 Å². The second-order valence-electron chi connectivity index (χ2n) is 23.5. The van der Waals surface area contributed by atoms with E-state index in [-0.39, 0.29) is 21.1 Å². The molecule has 23 heteroatoms. The van der Waals surface area contributed by atoms with Crippen molar-refractivity contribution in [2.75, 3.05) is 52.9 Å². The maximum Gasteiger partial charge on any atom is 4.00 e. The van der Waals surface area contributed by atoms with Gasteiger partial charge in [0.2, 0.25) is 0 Å². The summed E-state index contributed by atoms with van der Waals surface area (Å²) >= 11 is 22.9. The average molecular weight is 1490 g/mol. The van der Waals surface area contributed by atoms with Crippen molar-refractivity contribution in [2.24, 2.45) is 47.3 Å². The first-order chi connectivity index (χ1) is 40.9. The van der Waals surface area contributed by atoms with Gasteiger partial charge in [-0.25, -0.2) is 0 Å². The molecule has 0 aliphatic heterocycles. The van der Waals surface area contributed by atoms with Crippen LogP contribution >= 0.6 is 26.9 Å². The third-order valence-electron chi connectivity index (χ3n) is 16.1.